The molecule has 0 bridgehead atoms. The minimum absolute atomic E-state index is 0.419. The fraction of sp³-hybridized carbons (Fsp3) is 0.833. The molecular weight excluding hydrogens is 189 g/mol. The van der Waals surface area contributed by atoms with Crippen LogP contribution in [0, 0.1) is 0 Å². The third-order valence-corrected chi connectivity index (χ3v) is 4.96. The molecule has 0 amide bonds. The summed E-state index contributed by atoms with van der Waals surface area (Å²) < 4.78 is 2.49. The second kappa shape index (κ2) is 3.94. The van der Waals surface area contributed by atoms with Crippen molar-refractivity contribution in [2.24, 2.45) is 0 Å². The number of hydrogen-bond acceptors (Lipinski definition) is 1. The summed E-state index contributed by atoms with van der Waals surface area (Å²) in [5.41, 5.74) is 3.99. The van der Waals surface area contributed by atoms with Crippen molar-refractivity contribution in [2.75, 3.05) is 6.54 Å². The summed E-state index contributed by atoms with van der Waals surface area (Å²) in [5.74, 6) is 0. The van der Waals surface area contributed by atoms with Gasteiger partial charge in [0, 0.05) is 12.1 Å². The normalized spacial score (nSPS) is 34.5. The second-order valence-electron chi connectivity index (χ2n) is 5.00. The molecule has 1 heterocycles. The molecule has 14 heavy (non-hydrogen) atoms. The summed E-state index contributed by atoms with van der Waals surface area (Å²) in [5, 5.41) is 0. The predicted molar refractivity (Wildman–Crippen MR) is 65.2 cm³/mol. The maximum atomic E-state index is 2.93. The zero-order chi connectivity index (χ0) is 10.2. The molecule has 2 heteroatoms. The van der Waals surface area contributed by atoms with E-state index in [9.17, 15) is 0 Å². The fourth-order valence-electron chi connectivity index (χ4n) is 2.36. The lowest BCUT2D eigenvalue weighted by Gasteiger charge is -2.36. The van der Waals surface area contributed by atoms with Gasteiger partial charge in [0.25, 0.3) is 0 Å². The number of nitrogens with zero attached hydrogens (tertiary/aromatic N) is 1. The Bertz CT molecular complexity index is 253. The maximum absolute atomic E-state index is 2.93. The Morgan fingerprint density at radius 3 is 2.43 bits per heavy atom. The van der Waals surface area contributed by atoms with E-state index in [1.807, 2.05) is 0 Å². The van der Waals surface area contributed by atoms with Gasteiger partial charge in [-0.3, -0.25) is 4.67 Å². The SMILES string of the molecule is CCC1(C)CCC(=C2CC2)CCN1P. The molecule has 0 N–H and O–H groups in total. The van der Waals surface area contributed by atoms with E-state index in [0.717, 1.165) is 0 Å². The van der Waals surface area contributed by atoms with Crippen molar-refractivity contribution in [1.82, 2.24) is 4.67 Å². The average molecular weight is 211 g/mol. The standard InChI is InChI=1S/C12H22NP/c1-3-12(2)8-6-11(10-4-5-10)7-9-13(12)14/h3-9,14H2,1-2H3. The largest absolute Gasteiger partial charge is 0.281 e. The number of rotatable bonds is 1. The Balaban J connectivity index is 2.09. The molecule has 0 radical (unpaired) electrons. The summed E-state index contributed by atoms with van der Waals surface area (Å²) in [6, 6.07) is 0. The topological polar surface area (TPSA) is 3.24 Å². The van der Waals surface area contributed by atoms with Crippen LogP contribution in [0.5, 0.6) is 0 Å². The van der Waals surface area contributed by atoms with Crippen LogP contribution in [0.1, 0.15) is 52.4 Å². The van der Waals surface area contributed by atoms with Crippen molar-refractivity contribution in [3.8, 4) is 0 Å². The van der Waals surface area contributed by atoms with Crippen molar-refractivity contribution in [3.05, 3.63) is 11.1 Å². The van der Waals surface area contributed by atoms with Gasteiger partial charge in [-0.25, -0.2) is 0 Å². The highest BCUT2D eigenvalue weighted by Crippen LogP contribution is 2.40. The molecule has 0 spiro atoms. The van der Waals surface area contributed by atoms with Gasteiger partial charge >= 0.3 is 0 Å². The van der Waals surface area contributed by atoms with E-state index in [1.165, 1.54) is 45.1 Å². The smallest absolute Gasteiger partial charge is 0.0213 e. The van der Waals surface area contributed by atoms with Crippen LogP contribution in [0.3, 0.4) is 0 Å². The van der Waals surface area contributed by atoms with Gasteiger partial charge in [-0.2, -0.15) is 0 Å². The van der Waals surface area contributed by atoms with Crippen LogP contribution in [0.15, 0.2) is 11.1 Å². The van der Waals surface area contributed by atoms with Gasteiger partial charge in [0.1, 0.15) is 0 Å². The third-order valence-electron chi connectivity index (χ3n) is 4.07. The van der Waals surface area contributed by atoms with Gasteiger partial charge in [0.2, 0.25) is 0 Å². The molecule has 1 aliphatic heterocycles. The number of allylic oxidation sites excluding steroid dienone is 1. The van der Waals surface area contributed by atoms with Crippen LogP contribution in [0.25, 0.3) is 0 Å². The van der Waals surface area contributed by atoms with Crippen LogP contribution in [-0.4, -0.2) is 16.8 Å². The summed E-state index contributed by atoms with van der Waals surface area (Å²) in [6.45, 7) is 5.95. The highest BCUT2D eigenvalue weighted by Gasteiger charge is 2.31. The van der Waals surface area contributed by atoms with Crippen LogP contribution >= 0.6 is 9.39 Å². The van der Waals surface area contributed by atoms with E-state index in [-0.39, 0.29) is 0 Å². The minimum Gasteiger partial charge on any atom is -0.281 e. The zero-order valence-corrected chi connectivity index (χ0v) is 10.6. The first-order chi connectivity index (χ1) is 6.65. The van der Waals surface area contributed by atoms with Crippen LogP contribution in [0.4, 0.5) is 0 Å². The molecule has 2 rings (SSSR count). The maximum Gasteiger partial charge on any atom is 0.0213 e. The molecule has 80 valence electrons. The van der Waals surface area contributed by atoms with Crippen molar-refractivity contribution in [2.45, 2.75) is 57.9 Å². The van der Waals surface area contributed by atoms with E-state index in [4.69, 9.17) is 0 Å². The Morgan fingerprint density at radius 1 is 1.21 bits per heavy atom. The first kappa shape index (κ1) is 10.6. The average Bonchev–Trinajstić information content (AvgIpc) is 2.99. The molecular formula is C12H22NP. The van der Waals surface area contributed by atoms with Gasteiger partial charge < -0.3 is 0 Å². The van der Waals surface area contributed by atoms with Gasteiger partial charge in [-0.05, 0) is 45.4 Å². The van der Waals surface area contributed by atoms with Gasteiger partial charge in [-0.1, -0.05) is 27.5 Å². The van der Waals surface area contributed by atoms with Crippen LogP contribution < -0.4 is 0 Å². The fourth-order valence-corrected chi connectivity index (χ4v) is 2.80. The molecule has 2 fully saturated rings. The lowest BCUT2D eigenvalue weighted by Crippen LogP contribution is -2.38. The van der Waals surface area contributed by atoms with Crippen LogP contribution in [-0.2, 0) is 0 Å². The first-order valence-corrected chi connectivity index (χ1v) is 6.39. The number of hydrogen-bond donors (Lipinski definition) is 0. The molecule has 0 aromatic rings. The lowest BCUT2D eigenvalue weighted by atomic mass is 9.92. The van der Waals surface area contributed by atoms with E-state index < -0.39 is 0 Å². The van der Waals surface area contributed by atoms with Gasteiger partial charge in [0.05, 0.1) is 0 Å². The van der Waals surface area contributed by atoms with Crippen molar-refractivity contribution in [3.63, 3.8) is 0 Å². The van der Waals surface area contributed by atoms with Crippen molar-refractivity contribution < 1.29 is 0 Å². The molecule has 2 aliphatic rings. The molecule has 1 aliphatic carbocycles. The molecule has 2 atom stereocenters. The van der Waals surface area contributed by atoms with E-state index in [2.05, 4.69) is 27.9 Å². The Hall–Kier alpha value is 0.130. The minimum atomic E-state index is 0.419. The Labute approximate surface area is 90.2 Å². The monoisotopic (exact) mass is 211 g/mol. The first-order valence-electron chi connectivity index (χ1n) is 5.88. The summed E-state index contributed by atoms with van der Waals surface area (Å²) >= 11 is 0. The summed E-state index contributed by atoms with van der Waals surface area (Å²) in [4.78, 5) is 0. The lowest BCUT2D eigenvalue weighted by molar-refractivity contribution is 0.215. The molecule has 1 saturated heterocycles. The molecule has 1 saturated carbocycles. The summed E-state index contributed by atoms with van der Waals surface area (Å²) in [7, 11) is 2.93. The molecule has 0 aromatic heterocycles. The van der Waals surface area contributed by atoms with Crippen molar-refractivity contribution in [1.29, 1.82) is 0 Å². The highest BCUT2D eigenvalue weighted by atomic mass is 31.0. The van der Waals surface area contributed by atoms with E-state index >= 15 is 0 Å². The highest BCUT2D eigenvalue weighted by molar-refractivity contribution is 7.13. The van der Waals surface area contributed by atoms with Crippen LogP contribution in [0.2, 0.25) is 0 Å². The quantitative estimate of drug-likeness (QED) is 0.474. The summed E-state index contributed by atoms with van der Waals surface area (Å²) in [6.07, 6.45) is 8.06. The Morgan fingerprint density at radius 2 is 1.86 bits per heavy atom. The molecule has 1 nitrogen and oxygen atoms in total. The predicted octanol–water partition coefficient (Wildman–Crippen LogP) is 3.52. The van der Waals surface area contributed by atoms with Gasteiger partial charge in [-0.15, -0.1) is 0 Å². The van der Waals surface area contributed by atoms with E-state index in [1.54, 1.807) is 11.1 Å². The molecule has 2 unspecified atom stereocenters. The van der Waals surface area contributed by atoms with Crippen molar-refractivity contribution >= 4 is 9.39 Å². The van der Waals surface area contributed by atoms with Gasteiger partial charge in [0.15, 0.2) is 0 Å². The Kier molecular flexibility index (Phi) is 3.00. The molecule has 0 aromatic carbocycles. The third kappa shape index (κ3) is 2.04. The second-order valence-corrected chi connectivity index (χ2v) is 5.62. The van der Waals surface area contributed by atoms with E-state index in [0.29, 0.717) is 5.54 Å². The zero-order valence-electron chi connectivity index (χ0n) is 9.47.